The van der Waals surface area contributed by atoms with Gasteiger partial charge in [-0.25, -0.2) is 0 Å². The van der Waals surface area contributed by atoms with E-state index in [0.29, 0.717) is 28.8 Å². The monoisotopic (exact) mass is 688 g/mol. The Bertz CT molecular complexity index is 1780. The van der Waals surface area contributed by atoms with Crippen molar-refractivity contribution >= 4 is 39.1 Å². The van der Waals surface area contributed by atoms with Crippen LogP contribution in [0.3, 0.4) is 0 Å². The second-order valence-electron chi connectivity index (χ2n) is 14.6. The first-order valence-corrected chi connectivity index (χ1v) is 18.5. The SMILES string of the molecule is C=C[C@H]1CN2CC[C@H]1C[C@@H]2[C@H](NC(=S)N[C@H](c1ccnc2ccc(OC)cc12)[C@H]1C[C@@H]2CCN1C[C@@H]2C=C)c1ccnc2ccc(OC)cc12. The summed E-state index contributed by atoms with van der Waals surface area (Å²) in [6.45, 7) is 12.6. The van der Waals surface area contributed by atoms with Crippen molar-refractivity contribution in [1.82, 2.24) is 30.4 Å². The predicted octanol–water partition coefficient (Wildman–Crippen LogP) is 6.84. The molecule has 0 amide bonds. The summed E-state index contributed by atoms with van der Waals surface area (Å²) < 4.78 is 11.4. The summed E-state index contributed by atoms with van der Waals surface area (Å²) in [4.78, 5) is 14.8. The van der Waals surface area contributed by atoms with E-state index in [0.717, 1.165) is 72.3 Å². The van der Waals surface area contributed by atoms with Gasteiger partial charge in [-0.1, -0.05) is 12.2 Å². The number of benzene rings is 2. The quantitative estimate of drug-likeness (QED) is 0.138. The minimum atomic E-state index is -0.0515. The van der Waals surface area contributed by atoms with Crippen LogP contribution < -0.4 is 20.1 Å². The van der Waals surface area contributed by atoms with Crippen molar-refractivity contribution in [3.63, 3.8) is 0 Å². The standard InChI is InChI=1S/C41H48N6O2S/c1-5-25-23-46-17-13-27(25)19-37(46)39(31-11-15-42-35-9-7-29(48-3)21-33(31)35)44-41(50)45-40(38-20-28-14-18-47(38)24-26(28)6-2)32-12-16-43-36-10-8-30(49-4)22-34(32)36/h5-12,15-16,21-22,25-28,37-40H,1-2,13-14,17-20,23-24H2,3-4H3,(H2,44,45,50)/t25-,26-,27-,28-,37+,38+,39+,40+/m0/s1. The van der Waals surface area contributed by atoms with Crippen molar-refractivity contribution < 1.29 is 9.47 Å². The smallest absolute Gasteiger partial charge is 0.167 e. The summed E-state index contributed by atoms with van der Waals surface area (Å²) in [5.74, 6) is 3.92. The molecule has 4 aromatic rings. The Morgan fingerprint density at radius 3 is 1.60 bits per heavy atom. The van der Waals surface area contributed by atoms with Gasteiger partial charge in [0.05, 0.1) is 37.3 Å². The number of nitrogens with zero attached hydrogens (tertiary/aromatic N) is 4. The number of fused-ring (bicyclic) bond motifs is 8. The molecule has 2 unspecified atom stereocenters. The second kappa shape index (κ2) is 13.9. The maximum atomic E-state index is 6.38. The van der Waals surface area contributed by atoms with Gasteiger partial charge in [-0.2, -0.15) is 0 Å². The number of rotatable bonds is 10. The Balaban J connectivity index is 1.18. The van der Waals surface area contributed by atoms with Gasteiger partial charge in [0.15, 0.2) is 5.11 Å². The summed E-state index contributed by atoms with van der Waals surface area (Å²) in [6, 6.07) is 17.1. The average Bonchev–Trinajstić information content (AvgIpc) is 3.18. The highest BCUT2D eigenvalue weighted by Crippen LogP contribution is 2.44. The van der Waals surface area contributed by atoms with Crippen LogP contribution in [0.4, 0.5) is 0 Å². The van der Waals surface area contributed by atoms with E-state index in [9.17, 15) is 0 Å². The molecule has 2 N–H and O–H groups in total. The molecule has 2 aromatic heterocycles. The van der Waals surface area contributed by atoms with Gasteiger partial charge in [-0.15, -0.1) is 13.2 Å². The molecule has 0 aliphatic carbocycles. The molecular formula is C41H48N6O2S. The first-order valence-electron chi connectivity index (χ1n) is 18.1. The van der Waals surface area contributed by atoms with Crippen molar-refractivity contribution in [1.29, 1.82) is 0 Å². The van der Waals surface area contributed by atoms with Gasteiger partial charge in [0, 0.05) is 48.3 Å². The highest BCUT2D eigenvalue weighted by Gasteiger charge is 2.45. The second-order valence-corrected chi connectivity index (χ2v) is 15.0. The van der Waals surface area contributed by atoms with Crippen molar-refractivity contribution in [3.8, 4) is 11.5 Å². The Labute approximate surface area is 300 Å². The molecule has 10 atom stereocenters. The third-order valence-corrected chi connectivity index (χ3v) is 12.5. The molecule has 8 nitrogen and oxygen atoms in total. The van der Waals surface area contributed by atoms with Crippen LogP contribution in [0.1, 0.15) is 48.9 Å². The molecule has 0 saturated carbocycles. The molecular weight excluding hydrogens is 641 g/mol. The topological polar surface area (TPSA) is 74.8 Å². The van der Waals surface area contributed by atoms with Gasteiger partial charge in [0.2, 0.25) is 0 Å². The third-order valence-electron chi connectivity index (χ3n) is 12.3. The number of nitrogens with one attached hydrogen (secondary N) is 2. The highest BCUT2D eigenvalue weighted by molar-refractivity contribution is 7.80. The fraction of sp³-hybridized carbons (Fsp3) is 0.439. The molecule has 6 fully saturated rings. The number of pyridine rings is 2. The normalized spacial score (nSPS) is 29.6. The van der Waals surface area contributed by atoms with E-state index in [1.807, 2.05) is 36.7 Å². The van der Waals surface area contributed by atoms with Gasteiger partial charge in [-0.3, -0.25) is 19.8 Å². The summed E-state index contributed by atoms with van der Waals surface area (Å²) >= 11 is 6.38. The molecule has 260 valence electrons. The number of ether oxygens (including phenoxy) is 2. The minimum absolute atomic E-state index is 0.0515. The van der Waals surface area contributed by atoms with Crippen molar-refractivity contribution in [3.05, 3.63) is 97.4 Å². The zero-order chi connectivity index (χ0) is 34.4. The molecule has 6 aliphatic rings. The average molecular weight is 689 g/mol. The van der Waals surface area contributed by atoms with E-state index in [1.54, 1.807) is 14.2 Å². The Morgan fingerprint density at radius 1 is 0.760 bits per heavy atom. The number of aromatic nitrogens is 2. The van der Waals surface area contributed by atoms with Crippen molar-refractivity contribution in [2.45, 2.75) is 49.9 Å². The van der Waals surface area contributed by atoms with Crippen LogP contribution in [0.15, 0.2) is 86.2 Å². The predicted molar refractivity (Wildman–Crippen MR) is 204 cm³/mol. The Hall–Kier alpha value is -4.05. The lowest BCUT2D eigenvalue weighted by Gasteiger charge is -2.52. The van der Waals surface area contributed by atoms with Crippen molar-refractivity contribution in [2.24, 2.45) is 23.7 Å². The largest absolute Gasteiger partial charge is 0.497 e. The van der Waals surface area contributed by atoms with Crippen LogP contribution in [0, 0.1) is 23.7 Å². The van der Waals surface area contributed by atoms with E-state index < -0.39 is 0 Å². The van der Waals surface area contributed by atoms with E-state index in [1.165, 1.54) is 24.0 Å². The third kappa shape index (κ3) is 6.03. The Kier molecular flexibility index (Phi) is 9.23. The minimum Gasteiger partial charge on any atom is -0.497 e. The molecule has 2 aromatic carbocycles. The van der Waals surface area contributed by atoms with Crippen LogP contribution >= 0.6 is 12.2 Å². The fourth-order valence-electron chi connectivity index (χ4n) is 9.62. The van der Waals surface area contributed by atoms with Gasteiger partial charge < -0.3 is 20.1 Å². The van der Waals surface area contributed by atoms with Crippen LogP contribution in [-0.2, 0) is 0 Å². The molecule has 6 aliphatic heterocycles. The molecule has 0 radical (unpaired) electrons. The van der Waals surface area contributed by atoms with Crippen LogP contribution in [0.5, 0.6) is 11.5 Å². The van der Waals surface area contributed by atoms with E-state index in [-0.39, 0.29) is 24.2 Å². The molecule has 0 spiro atoms. The summed E-state index contributed by atoms with van der Waals surface area (Å²) in [5.41, 5.74) is 4.28. The van der Waals surface area contributed by atoms with Gasteiger partial charge in [0.25, 0.3) is 0 Å². The fourth-order valence-corrected chi connectivity index (χ4v) is 9.88. The summed E-state index contributed by atoms with van der Waals surface area (Å²) in [7, 11) is 3.44. The highest BCUT2D eigenvalue weighted by atomic mass is 32.1. The molecule has 4 bridgehead atoms. The number of methoxy groups -OCH3 is 2. The van der Waals surface area contributed by atoms with Crippen LogP contribution in [0.25, 0.3) is 21.8 Å². The van der Waals surface area contributed by atoms with Gasteiger partial charge in [0.1, 0.15) is 11.5 Å². The molecule has 50 heavy (non-hydrogen) atoms. The van der Waals surface area contributed by atoms with Crippen LogP contribution in [-0.4, -0.2) is 77.4 Å². The maximum absolute atomic E-state index is 6.38. The first-order chi connectivity index (χ1) is 24.5. The molecule has 6 saturated heterocycles. The molecule has 8 heterocycles. The maximum Gasteiger partial charge on any atom is 0.167 e. The summed E-state index contributed by atoms with van der Waals surface area (Å²) in [6.07, 6.45) is 12.8. The lowest BCUT2D eigenvalue weighted by molar-refractivity contribution is 0.00188. The zero-order valence-electron chi connectivity index (χ0n) is 29.1. The lowest BCUT2D eigenvalue weighted by atomic mass is 9.73. The van der Waals surface area contributed by atoms with E-state index >= 15 is 0 Å². The number of piperidine rings is 6. The summed E-state index contributed by atoms with van der Waals surface area (Å²) in [5, 5.41) is 10.7. The zero-order valence-corrected chi connectivity index (χ0v) is 29.9. The number of hydrogen-bond acceptors (Lipinski definition) is 7. The van der Waals surface area contributed by atoms with E-state index in [4.69, 9.17) is 31.7 Å². The van der Waals surface area contributed by atoms with Gasteiger partial charge >= 0.3 is 0 Å². The van der Waals surface area contributed by atoms with Crippen LogP contribution in [0.2, 0.25) is 0 Å². The van der Waals surface area contributed by atoms with Gasteiger partial charge in [-0.05, 0) is 134 Å². The molecule has 10 rings (SSSR count). The molecule has 9 heteroatoms. The Morgan fingerprint density at radius 2 is 1.22 bits per heavy atom. The number of thiocarbonyl (C=S) groups is 1. The lowest BCUT2D eigenvalue weighted by Crippen LogP contribution is -2.60. The van der Waals surface area contributed by atoms with Crippen molar-refractivity contribution in [2.75, 3.05) is 40.4 Å². The number of hydrogen-bond donors (Lipinski definition) is 2. The van der Waals surface area contributed by atoms with E-state index in [2.05, 4.69) is 70.0 Å². The first kappa shape index (κ1) is 33.1.